The van der Waals surface area contributed by atoms with E-state index < -0.39 is 18.4 Å². The molecule has 0 unspecified atom stereocenters. The SMILES string of the molecule is CCOC(=O)OC[C@H]1CNC(=O)O1. The maximum absolute atomic E-state index is 10.7. The van der Waals surface area contributed by atoms with Gasteiger partial charge in [-0.3, -0.25) is 0 Å². The summed E-state index contributed by atoms with van der Waals surface area (Å²) in [6.45, 7) is 2.33. The molecule has 1 rings (SSSR count). The van der Waals surface area contributed by atoms with Crippen LogP contribution in [-0.2, 0) is 14.2 Å². The molecule has 1 aliphatic heterocycles. The first-order chi connectivity index (χ1) is 6.22. The zero-order chi connectivity index (χ0) is 9.68. The summed E-state index contributed by atoms with van der Waals surface area (Å²) >= 11 is 0. The van der Waals surface area contributed by atoms with Crippen LogP contribution >= 0.6 is 0 Å². The second-order valence-corrected chi connectivity index (χ2v) is 2.40. The van der Waals surface area contributed by atoms with Crippen LogP contribution in [0.25, 0.3) is 0 Å². The molecule has 13 heavy (non-hydrogen) atoms. The molecule has 0 spiro atoms. The maximum atomic E-state index is 10.7. The van der Waals surface area contributed by atoms with Crippen LogP contribution in [0, 0.1) is 0 Å². The molecule has 1 heterocycles. The summed E-state index contributed by atoms with van der Waals surface area (Å²) in [5, 5.41) is 2.43. The Morgan fingerprint density at radius 2 is 2.46 bits per heavy atom. The lowest BCUT2D eigenvalue weighted by Crippen LogP contribution is -2.22. The highest BCUT2D eigenvalue weighted by atomic mass is 16.7. The summed E-state index contributed by atoms with van der Waals surface area (Å²) in [6.07, 6.45) is -1.64. The Morgan fingerprint density at radius 3 is 3.00 bits per heavy atom. The zero-order valence-electron chi connectivity index (χ0n) is 7.24. The normalized spacial score (nSPS) is 20.4. The molecule has 1 N–H and O–H groups in total. The second-order valence-electron chi connectivity index (χ2n) is 2.40. The molecule has 0 aromatic carbocycles. The summed E-state index contributed by atoms with van der Waals surface area (Å²) < 4.78 is 13.8. The first kappa shape index (κ1) is 9.63. The van der Waals surface area contributed by atoms with Crippen LogP contribution < -0.4 is 5.32 Å². The number of amides is 1. The smallest absolute Gasteiger partial charge is 0.441 e. The third-order valence-electron chi connectivity index (χ3n) is 1.40. The molecule has 1 amide bonds. The van der Waals surface area contributed by atoms with Crippen molar-refractivity contribution in [2.24, 2.45) is 0 Å². The summed E-state index contributed by atoms with van der Waals surface area (Å²) in [4.78, 5) is 21.2. The van der Waals surface area contributed by atoms with Crippen LogP contribution in [0.1, 0.15) is 6.92 Å². The van der Waals surface area contributed by atoms with Gasteiger partial charge in [-0.15, -0.1) is 0 Å². The van der Waals surface area contributed by atoms with Crippen molar-refractivity contribution in [1.82, 2.24) is 5.32 Å². The van der Waals surface area contributed by atoms with Crippen LogP contribution in [0.5, 0.6) is 0 Å². The van der Waals surface area contributed by atoms with Crippen molar-refractivity contribution in [3.63, 3.8) is 0 Å². The Balaban J connectivity index is 2.12. The quantitative estimate of drug-likeness (QED) is 0.645. The fourth-order valence-corrected chi connectivity index (χ4v) is 0.845. The highest BCUT2D eigenvalue weighted by molar-refractivity contribution is 5.69. The number of hydrogen-bond donors (Lipinski definition) is 1. The minimum atomic E-state index is -0.745. The summed E-state index contributed by atoms with van der Waals surface area (Å²) in [5.41, 5.74) is 0. The molecule has 1 fully saturated rings. The average molecular weight is 189 g/mol. The molecule has 0 aliphatic carbocycles. The average Bonchev–Trinajstić information content (AvgIpc) is 2.49. The zero-order valence-corrected chi connectivity index (χ0v) is 7.24. The summed E-state index contributed by atoms with van der Waals surface area (Å²) in [5.74, 6) is 0. The van der Waals surface area contributed by atoms with Crippen LogP contribution in [0.15, 0.2) is 0 Å². The van der Waals surface area contributed by atoms with Crippen LogP contribution in [0.3, 0.4) is 0 Å². The first-order valence-corrected chi connectivity index (χ1v) is 3.96. The lowest BCUT2D eigenvalue weighted by Gasteiger charge is -2.07. The predicted molar refractivity (Wildman–Crippen MR) is 41.2 cm³/mol. The van der Waals surface area contributed by atoms with Crippen LogP contribution in [-0.4, -0.2) is 38.1 Å². The summed E-state index contributed by atoms with van der Waals surface area (Å²) in [6, 6.07) is 0. The molecule has 0 radical (unpaired) electrons. The monoisotopic (exact) mass is 189 g/mol. The Labute approximate surface area is 75.1 Å². The van der Waals surface area contributed by atoms with Gasteiger partial charge in [0.1, 0.15) is 6.61 Å². The second kappa shape index (κ2) is 4.54. The van der Waals surface area contributed by atoms with E-state index in [-0.39, 0.29) is 13.2 Å². The molecule has 0 aromatic heterocycles. The van der Waals surface area contributed by atoms with E-state index in [0.29, 0.717) is 6.54 Å². The van der Waals surface area contributed by atoms with Crippen molar-refractivity contribution in [3.8, 4) is 0 Å². The highest BCUT2D eigenvalue weighted by Crippen LogP contribution is 2.00. The number of carbonyl (C=O) groups excluding carboxylic acids is 2. The van der Waals surface area contributed by atoms with E-state index >= 15 is 0 Å². The molecular formula is C7H11NO5. The number of ether oxygens (including phenoxy) is 3. The van der Waals surface area contributed by atoms with E-state index in [0.717, 1.165) is 0 Å². The van der Waals surface area contributed by atoms with Gasteiger partial charge in [0, 0.05) is 0 Å². The van der Waals surface area contributed by atoms with E-state index in [9.17, 15) is 9.59 Å². The van der Waals surface area contributed by atoms with E-state index in [4.69, 9.17) is 4.74 Å². The van der Waals surface area contributed by atoms with Gasteiger partial charge in [-0.05, 0) is 6.92 Å². The van der Waals surface area contributed by atoms with Crippen molar-refractivity contribution >= 4 is 12.2 Å². The van der Waals surface area contributed by atoms with Crippen molar-refractivity contribution in [2.45, 2.75) is 13.0 Å². The van der Waals surface area contributed by atoms with E-state index in [1.165, 1.54) is 0 Å². The van der Waals surface area contributed by atoms with Gasteiger partial charge >= 0.3 is 12.2 Å². The topological polar surface area (TPSA) is 73.9 Å². The number of cyclic esters (lactones) is 1. The van der Waals surface area contributed by atoms with Crippen molar-refractivity contribution in [1.29, 1.82) is 0 Å². The Kier molecular flexibility index (Phi) is 3.36. The maximum Gasteiger partial charge on any atom is 0.508 e. The molecule has 6 heteroatoms. The fraction of sp³-hybridized carbons (Fsp3) is 0.714. The van der Waals surface area contributed by atoms with Gasteiger partial charge in [0.2, 0.25) is 0 Å². The van der Waals surface area contributed by atoms with Gasteiger partial charge in [0.05, 0.1) is 13.2 Å². The molecule has 0 aromatic rings. The Morgan fingerprint density at radius 1 is 1.69 bits per heavy atom. The molecular weight excluding hydrogens is 178 g/mol. The minimum absolute atomic E-state index is 0.0254. The lowest BCUT2D eigenvalue weighted by molar-refractivity contribution is 0.0270. The Hall–Kier alpha value is -1.46. The van der Waals surface area contributed by atoms with Gasteiger partial charge in [0.25, 0.3) is 0 Å². The molecule has 0 bridgehead atoms. The fourth-order valence-electron chi connectivity index (χ4n) is 0.845. The molecule has 0 saturated carbocycles. The molecule has 6 nitrogen and oxygen atoms in total. The van der Waals surface area contributed by atoms with Gasteiger partial charge < -0.3 is 19.5 Å². The predicted octanol–water partition coefficient (Wildman–Crippen LogP) is 0.268. The highest BCUT2D eigenvalue weighted by Gasteiger charge is 2.23. The van der Waals surface area contributed by atoms with Gasteiger partial charge in [-0.1, -0.05) is 0 Å². The van der Waals surface area contributed by atoms with Crippen LogP contribution in [0.2, 0.25) is 0 Å². The molecule has 1 aliphatic rings. The van der Waals surface area contributed by atoms with E-state index in [2.05, 4.69) is 14.8 Å². The van der Waals surface area contributed by atoms with Gasteiger partial charge in [-0.25, -0.2) is 9.59 Å². The molecule has 74 valence electrons. The third kappa shape index (κ3) is 3.18. The lowest BCUT2D eigenvalue weighted by atomic mass is 10.4. The Bertz CT molecular complexity index is 205. The molecule has 1 saturated heterocycles. The van der Waals surface area contributed by atoms with Crippen LogP contribution in [0.4, 0.5) is 9.59 Å². The van der Waals surface area contributed by atoms with E-state index in [1.807, 2.05) is 0 Å². The van der Waals surface area contributed by atoms with Crippen molar-refractivity contribution < 1.29 is 23.8 Å². The summed E-state index contributed by atoms with van der Waals surface area (Å²) in [7, 11) is 0. The standard InChI is InChI=1S/C7H11NO5/c1-2-11-7(10)12-4-5-3-8-6(9)13-5/h5H,2-4H2,1H3,(H,8,9)/t5-/m1/s1. The molecule has 1 atom stereocenters. The van der Waals surface area contributed by atoms with Gasteiger partial charge in [0.15, 0.2) is 6.10 Å². The number of alkyl carbamates (subject to hydrolysis) is 1. The number of hydrogen-bond acceptors (Lipinski definition) is 5. The van der Waals surface area contributed by atoms with Crippen molar-refractivity contribution in [2.75, 3.05) is 19.8 Å². The number of rotatable bonds is 3. The van der Waals surface area contributed by atoms with E-state index in [1.54, 1.807) is 6.92 Å². The number of nitrogens with one attached hydrogen (secondary N) is 1. The van der Waals surface area contributed by atoms with Crippen molar-refractivity contribution in [3.05, 3.63) is 0 Å². The largest absolute Gasteiger partial charge is 0.508 e. The van der Waals surface area contributed by atoms with Gasteiger partial charge in [-0.2, -0.15) is 0 Å². The first-order valence-electron chi connectivity index (χ1n) is 3.96. The third-order valence-corrected chi connectivity index (χ3v) is 1.40. The number of carbonyl (C=O) groups is 2. The minimum Gasteiger partial charge on any atom is -0.441 e.